The Morgan fingerprint density at radius 1 is 0.816 bits per heavy atom. The SMILES string of the molecule is O=C(C1=C[C@H]2[C@H]3C(=O)N(c4cccc(F)c4)C(=O)[C@@H]3[C@H](C(=O)c3ccc(Br)cc3)N2C=C1)c1ccccc1. The number of rotatable bonds is 5. The van der Waals surface area contributed by atoms with E-state index in [9.17, 15) is 23.6 Å². The van der Waals surface area contributed by atoms with E-state index in [1.165, 1.54) is 18.2 Å². The average molecular weight is 571 g/mol. The molecule has 0 aromatic heterocycles. The van der Waals surface area contributed by atoms with E-state index >= 15 is 0 Å². The van der Waals surface area contributed by atoms with E-state index in [-0.39, 0.29) is 17.3 Å². The van der Waals surface area contributed by atoms with Crippen LogP contribution in [-0.4, -0.2) is 40.4 Å². The van der Waals surface area contributed by atoms with Crippen molar-refractivity contribution in [3.8, 4) is 0 Å². The highest BCUT2D eigenvalue weighted by Crippen LogP contribution is 2.47. The second-order valence-electron chi connectivity index (χ2n) is 9.43. The fourth-order valence-electron chi connectivity index (χ4n) is 5.61. The zero-order chi connectivity index (χ0) is 26.6. The summed E-state index contributed by atoms with van der Waals surface area (Å²) in [6.45, 7) is 0. The summed E-state index contributed by atoms with van der Waals surface area (Å²) in [6.07, 6.45) is 4.92. The lowest BCUT2D eigenvalue weighted by Crippen LogP contribution is -2.46. The molecule has 3 heterocycles. The second kappa shape index (κ2) is 9.29. The average Bonchev–Trinajstić information content (AvgIpc) is 3.40. The lowest BCUT2D eigenvalue weighted by Gasteiger charge is -2.32. The van der Waals surface area contributed by atoms with Crippen LogP contribution in [0.3, 0.4) is 0 Å². The first kappa shape index (κ1) is 24.2. The number of hydrogen-bond donors (Lipinski definition) is 0. The monoisotopic (exact) mass is 570 g/mol. The number of Topliss-reactive ketones (excluding diaryl/α,β-unsaturated/α-hetero) is 2. The summed E-state index contributed by atoms with van der Waals surface area (Å²) < 4.78 is 14.8. The molecule has 0 aliphatic carbocycles. The van der Waals surface area contributed by atoms with Crippen molar-refractivity contribution in [2.45, 2.75) is 12.1 Å². The van der Waals surface area contributed by atoms with Crippen molar-refractivity contribution in [2.75, 3.05) is 4.90 Å². The Balaban J connectivity index is 1.44. The Kier molecular flexibility index (Phi) is 5.91. The van der Waals surface area contributed by atoms with Crippen LogP contribution in [0.5, 0.6) is 0 Å². The molecule has 3 aromatic carbocycles. The number of anilines is 1. The zero-order valence-corrected chi connectivity index (χ0v) is 21.4. The van der Waals surface area contributed by atoms with Crippen LogP contribution in [0, 0.1) is 17.7 Å². The molecule has 3 aliphatic heterocycles. The summed E-state index contributed by atoms with van der Waals surface area (Å²) in [5.74, 6) is -4.12. The molecule has 8 heteroatoms. The van der Waals surface area contributed by atoms with Gasteiger partial charge in [-0.1, -0.05) is 70.5 Å². The highest BCUT2D eigenvalue weighted by molar-refractivity contribution is 9.10. The minimum Gasteiger partial charge on any atom is -0.359 e. The van der Waals surface area contributed by atoms with Crippen molar-refractivity contribution in [3.05, 3.63) is 124 Å². The maximum Gasteiger partial charge on any atom is 0.240 e. The van der Waals surface area contributed by atoms with Crippen LogP contribution in [-0.2, 0) is 9.59 Å². The Morgan fingerprint density at radius 3 is 2.24 bits per heavy atom. The van der Waals surface area contributed by atoms with E-state index in [0.29, 0.717) is 16.7 Å². The van der Waals surface area contributed by atoms with Gasteiger partial charge in [0.2, 0.25) is 11.8 Å². The first-order valence-electron chi connectivity index (χ1n) is 12.1. The van der Waals surface area contributed by atoms with E-state index in [0.717, 1.165) is 15.4 Å². The Hall–Kier alpha value is -4.17. The van der Waals surface area contributed by atoms with Crippen LogP contribution in [0.2, 0.25) is 0 Å². The molecule has 0 saturated carbocycles. The topological polar surface area (TPSA) is 74.8 Å². The van der Waals surface area contributed by atoms with E-state index in [4.69, 9.17) is 0 Å². The van der Waals surface area contributed by atoms with Gasteiger partial charge in [0.25, 0.3) is 0 Å². The fourth-order valence-corrected chi connectivity index (χ4v) is 5.87. The number of nitrogens with zero attached hydrogens (tertiary/aromatic N) is 2. The molecule has 0 unspecified atom stereocenters. The number of hydrogen-bond acceptors (Lipinski definition) is 5. The predicted molar refractivity (Wildman–Crippen MR) is 142 cm³/mol. The summed E-state index contributed by atoms with van der Waals surface area (Å²) in [5.41, 5.74) is 1.37. The molecular formula is C30H20BrFN2O4. The predicted octanol–water partition coefficient (Wildman–Crippen LogP) is 4.97. The van der Waals surface area contributed by atoms with Gasteiger partial charge in [-0.2, -0.15) is 0 Å². The molecule has 188 valence electrons. The van der Waals surface area contributed by atoms with Gasteiger partial charge >= 0.3 is 0 Å². The van der Waals surface area contributed by atoms with Crippen LogP contribution < -0.4 is 4.90 Å². The van der Waals surface area contributed by atoms with Gasteiger partial charge in [-0.05, 0) is 36.4 Å². The summed E-state index contributed by atoms with van der Waals surface area (Å²) in [6, 6.07) is 19.1. The van der Waals surface area contributed by atoms with Gasteiger partial charge in [0.05, 0.1) is 23.6 Å². The van der Waals surface area contributed by atoms with E-state index in [1.54, 1.807) is 71.8 Å². The number of fused-ring (bicyclic) bond motifs is 3. The summed E-state index contributed by atoms with van der Waals surface area (Å²) in [5, 5.41) is 0. The van der Waals surface area contributed by atoms with E-state index < -0.39 is 41.6 Å². The van der Waals surface area contributed by atoms with Crippen molar-refractivity contribution in [3.63, 3.8) is 0 Å². The smallest absolute Gasteiger partial charge is 0.240 e. The summed E-state index contributed by atoms with van der Waals surface area (Å²) in [7, 11) is 0. The molecule has 2 amide bonds. The number of benzene rings is 3. The quantitative estimate of drug-likeness (QED) is 0.320. The Morgan fingerprint density at radius 2 is 1.53 bits per heavy atom. The highest BCUT2D eigenvalue weighted by Gasteiger charge is 2.63. The van der Waals surface area contributed by atoms with Crippen molar-refractivity contribution < 1.29 is 23.6 Å². The molecule has 0 N–H and O–H groups in total. The van der Waals surface area contributed by atoms with Crippen molar-refractivity contribution in [1.29, 1.82) is 0 Å². The molecule has 0 bridgehead atoms. The molecular weight excluding hydrogens is 551 g/mol. The fraction of sp³-hybridized carbons (Fsp3) is 0.133. The number of allylic oxidation sites excluding steroid dienone is 2. The molecule has 2 saturated heterocycles. The van der Waals surface area contributed by atoms with Crippen molar-refractivity contribution in [1.82, 2.24) is 4.90 Å². The molecule has 6 rings (SSSR count). The zero-order valence-electron chi connectivity index (χ0n) is 19.8. The molecule has 3 aliphatic rings. The normalized spacial score (nSPS) is 23.8. The maximum atomic E-state index is 14.0. The van der Waals surface area contributed by atoms with Gasteiger partial charge in [0, 0.05) is 27.4 Å². The third-order valence-corrected chi connectivity index (χ3v) is 7.84. The van der Waals surface area contributed by atoms with Crippen LogP contribution in [0.25, 0.3) is 0 Å². The van der Waals surface area contributed by atoms with E-state index in [2.05, 4.69) is 15.9 Å². The molecule has 2 fully saturated rings. The van der Waals surface area contributed by atoms with Gasteiger partial charge < -0.3 is 4.90 Å². The van der Waals surface area contributed by atoms with Crippen molar-refractivity contribution >= 4 is 45.0 Å². The summed E-state index contributed by atoms with van der Waals surface area (Å²) >= 11 is 3.37. The van der Waals surface area contributed by atoms with Gasteiger partial charge in [-0.15, -0.1) is 0 Å². The van der Waals surface area contributed by atoms with E-state index in [1.807, 2.05) is 6.07 Å². The number of ketones is 2. The highest BCUT2D eigenvalue weighted by atomic mass is 79.9. The number of carbonyl (C=O) groups excluding carboxylic acids is 4. The first-order valence-corrected chi connectivity index (χ1v) is 12.8. The Labute approximate surface area is 226 Å². The largest absolute Gasteiger partial charge is 0.359 e. The molecule has 4 atom stereocenters. The van der Waals surface area contributed by atoms with Crippen LogP contribution in [0.15, 0.2) is 107 Å². The van der Waals surface area contributed by atoms with Gasteiger partial charge in [-0.25, -0.2) is 9.29 Å². The number of halogens is 2. The number of amides is 2. The standard InChI is InChI=1S/C30H20BrFN2O4/c31-20-11-9-18(10-12-20)28(36)26-25-24(29(37)34(30(25)38)22-8-4-7-21(32)16-22)23-15-19(13-14-33(23)26)27(35)17-5-2-1-3-6-17/h1-16,23-26H/t23-,24+,25-,26+/m0/s1. The maximum absolute atomic E-state index is 14.0. The van der Waals surface area contributed by atoms with Crippen LogP contribution in [0.4, 0.5) is 10.1 Å². The lowest BCUT2D eigenvalue weighted by atomic mass is 9.85. The van der Waals surface area contributed by atoms with Crippen molar-refractivity contribution in [2.24, 2.45) is 11.8 Å². The minimum atomic E-state index is -1.00. The van der Waals surface area contributed by atoms with Gasteiger partial charge in [0.15, 0.2) is 11.6 Å². The molecule has 38 heavy (non-hydrogen) atoms. The third kappa shape index (κ3) is 3.83. The summed E-state index contributed by atoms with van der Waals surface area (Å²) in [4.78, 5) is 57.2. The molecule has 3 aromatic rings. The molecule has 0 radical (unpaired) electrons. The van der Waals surface area contributed by atoms with Crippen LogP contribution >= 0.6 is 15.9 Å². The molecule has 6 nitrogen and oxygen atoms in total. The Bertz CT molecular complexity index is 1550. The van der Waals surface area contributed by atoms with Gasteiger partial charge in [-0.3, -0.25) is 19.2 Å². The first-order chi connectivity index (χ1) is 18.3. The second-order valence-corrected chi connectivity index (χ2v) is 10.3. The number of carbonyl (C=O) groups is 4. The lowest BCUT2D eigenvalue weighted by molar-refractivity contribution is -0.123. The van der Waals surface area contributed by atoms with Crippen LogP contribution in [0.1, 0.15) is 20.7 Å². The minimum absolute atomic E-state index is 0.117. The number of imide groups is 1. The van der Waals surface area contributed by atoms with Gasteiger partial charge in [0.1, 0.15) is 11.9 Å². The third-order valence-electron chi connectivity index (χ3n) is 7.31. The molecule has 0 spiro atoms.